The summed E-state index contributed by atoms with van der Waals surface area (Å²) in [5.74, 6) is 1.16. The van der Waals surface area contributed by atoms with Gasteiger partial charge < -0.3 is 14.8 Å². The van der Waals surface area contributed by atoms with E-state index in [0.29, 0.717) is 13.0 Å². The fourth-order valence-corrected chi connectivity index (χ4v) is 2.62. The highest BCUT2D eigenvalue weighted by Gasteiger charge is 2.11. The number of rotatable bonds is 7. The Balaban J connectivity index is 1.90. The summed E-state index contributed by atoms with van der Waals surface area (Å²) in [6.07, 6.45) is 0.891. The predicted molar refractivity (Wildman–Crippen MR) is 91.1 cm³/mol. The van der Waals surface area contributed by atoms with Gasteiger partial charge in [0.15, 0.2) is 0 Å². The van der Waals surface area contributed by atoms with Crippen LogP contribution in [0.1, 0.15) is 16.7 Å². The van der Waals surface area contributed by atoms with Crippen molar-refractivity contribution < 1.29 is 18.7 Å². The van der Waals surface area contributed by atoms with Gasteiger partial charge in [0.2, 0.25) is 5.91 Å². The number of halogens is 1. The van der Waals surface area contributed by atoms with Gasteiger partial charge in [-0.05, 0) is 42.7 Å². The van der Waals surface area contributed by atoms with E-state index in [9.17, 15) is 9.18 Å². The van der Waals surface area contributed by atoms with Crippen molar-refractivity contribution in [3.05, 3.63) is 58.9 Å². The number of nitrogens with one attached hydrogen (secondary N) is 1. The van der Waals surface area contributed by atoms with Crippen LogP contribution in [0.5, 0.6) is 11.5 Å². The van der Waals surface area contributed by atoms with Crippen LogP contribution in [0.25, 0.3) is 0 Å². The lowest BCUT2D eigenvalue weighted by Gasteiger charge is -2.14. The molecule has 0 spiro atoms. The molecule has 2 aromatic rings. The Bertz CT molecular complexity index is 699. The molecule has 0 fully saturated rings. The summed E-state index contributed by atoms with van der Waals surface area (Å²) >= 11 is 0. The molecule has 1 amide bonds. The Kier molecular flexibility index (Phi) is 6.18. The molecule has 0 aliphatic heterocycles. The second-order valence-electron chi connectivity index (χ2n) is 5.49. The maximum Gasteiger partial charge on any atom is 0.224 e. The lowest BCUT2D eigenvalue weighted by Crippen LogP contribution is -2.27. The number of hydrogen-bond donors (Lipinski definition) is 1. The predicted octanol–water partition coefficient (Wildman–Crippen LogP) is 3.05. The zero-order valence-corrected chi connectivity index (χ0v) is 14.2. The van der Waals surface area contributed by atoms with Crippen molar-refractivity contribution in [3.8, 4) is 11.5 Å². The van der Waals surface area contributed by atoms with Gasteiger partial charge in [-0.3, -0.25) is 4.79 Å². The number of hydrogen-bond acceptors (Lipinski definition) is 3. The van der Waals surface area contributed by atoms with Crippen molar-refractivity contribution >= 4 is 5.91 Å². The first-order valence-corrected chi connectivity index (χ1v) is 7.76. The molecule has 0 aliphatic carbocycles. The molecule has 0 aliphatic rings. The molecule has 0 aromatic heterocycles. The average molecular weight is 331 g/mol. The van der Waals surface area contributed by atoms with Crippen LogP contribution in [-0.2, 0) is 17.6 Å². The fourth-order valence-electron chi connectivity index (χ4n) is 2.62. The van der Waals surface area contributed by atoms with E-state index in [1.807, 2.05) is 19.1 Å². The van der Waals surface area contributed by atoms with Crippen LogP contribution in [0.4, 0.5) is 4.39 Å². The van der Waals surface area contributed by atoms with Gasteiger partial charge >= 0.3 is 0 Å². The largest absolute Gasteiger partial charge is 0.496 e. The van der Waals surface area contributed by atoms with E-state index in [-0.39, 0.29) is 18.1 Å². The molecule has 0 bridgehead atoms. The van der Waals surface area contributed by atoms with E-state index < -0.39 is 0 Å². The highest BCUT2D eigenvalue weighted by molar-refractivity contribution is 5.78. The molecule has 128 valence electrons. The van der Waals surface area contributed by atoms with Crippen molar-refractivity contribution in [1.82, 2.24) is 5.32 Å². The fraction of sp³-hybridized carbons (Fsp3) is 0.316. The highest BCUT2D eigenvalue weighted by atomic mass is 19.1. The summed E-state index contributed by atoms with van der Waals surface area (Å²) in [4.78, 5) is 12.0. The van der Waals surface area contributed by atoms with Gasteiger partial charge in [-0.2, -0.15) is 0 Å². The van der Waals surface area contributed by atoms with Crippen LogP contribution in [-0.4, -0.2) is 26.7 Å². The van der Waals surface area contributed by atoms with E-state index in [1.165, 1.54) is 12.1 Å². The molecular weight excluding hydrogens is 309 g/mol. The van der Waals surface area contributed by atoms with Gasteiger partial charge in [0.05, 0.1) is 20.6 Å². The summed E-state index contributed by atoms with van der Waals surface area (Å²) < 4.78 is 23.6. The third kappa shape index (κ3) is 4.47. The lowest BCUT2D eigenvalue weighted by molar-refractivity contribution is -0.120. The molecular formula is C19H22FNO3. The van der Waals surface area contributed by atoms with Gasteiger partial charge in [-0.15, -0.1) is 0 Å². The molecule has 2 rings (SSSR count). The molecule has 24 heavy (non-hydrogen) atoms. The van der Waals surface area contributed by atoms with Crippen LogP contribution in [0.15, 0.2) is 36.4 Å². The van der Waals surface area contributed by atoms with E-state index in [0.717, 1.165) is 28.2 Å². The van der Waals surface area contributed by atoms with Crippen LogP contribution in [0.2, 0.25) is 0 Å². The summed E-state index contributed by atoms with van der Waals surface area (Å²) in [5, 5.41) is 2.87. The normalized spacial score (nSPS) is 10.3. The second-order valence-corrected chi connectivity index (χ2v) is 5.49. The third-order valence-electron chi connectivity index (χ3n) is 3.86. The summed E-state index contributed by atoms with van der Waals surface area (Å²) in [6.45, 7) is 2.44. The minimum atomic E-state index is -0.305. The van der Waals surface area contributed by atoms with Gasteiger partial charge in [0.25, 0.3) is 0 Å². The number of benzene rings is 2. The Morgan fingerprint density at radius 1 is 1.08 bits per heavy atom. The van der Waals surface area contributed by atoms with Gasteiger partial charge in [-0.1, -0.05) is 18.2 Å². The molecule has 0 saturated heterocycles. The first-order chi connectivity index (χ1) is 11.5. The minimum absolute atomic E-state index is 0.0918. The first kappa shape index (κ1) is 17.8. The SMILES string of the molecule is COc1ccc(CCNC(=O)Cc2ccc(F)cc2)c(OC)c1C. The third-order valence-corrected chi connectivity index (χ3v) is 3.86. The van der Waals surface area contributed by atoms with Gasteiger partial charge in [-0.25, -0.2) is 4.39 Å². The molecule has 0 atom stereocenters. The minimum Gasteiger partial charge on any atom is -0.496 e. The van der Waals surface area contributed by atoms with Crippen molar-refractivity contribution in [2.45, 2.75) is 19.8 Å². The maximum absolute atomic E-state index is 12.9. The summed E-state index contributed by atoms with van der Waals surface area (Å²) in [7, 11) is 3.25. The van der Waals surface area contributed by atoms with E-state index in [4.69, 9.17) is 9.47 Å². The summed E-state index contributed by atoms with van der Waals surface area (Å²) in [5.41, 5.74) is 2.74. The number of amides is 1. The van der Waals surface area contributed by atoms with Gasteiger partial charge in [0, 0.05) is 12.1 Å². The topological polar surface area (TPSA) is 47.6 Å². The van der Waals surface area contributed by atoms with Crippen LogP contribution >= 0.6 is 0 Å². The Morgan fingerprint density at radius 2 is 1.79 bits per heavy atom. The zero-order chi connectivity index (χ0) is 17.5. The van der Waals surface area contributed by atoms with Crippen LogP contribution < -0.4 is 14.8 Å². The van der Waals surface area contributed by atoms with Crippen LogP contribution in [0.3, 0.4) is 0 Å². The second kappa shape index (κ2) is 8.34. The van der Waals surface area contributed by atoms with E-state index >= 15 is 0 Å². The molecule has 0 unspecified atom stereocenters. The quantitative estimate of drug-likeness (QED) is 0.848. The molecule has 0 heterocycles. The average Bonchev–Trinajstić information content (AvgIpc) is 2.57. The zero-order valence-electron chi connectivity index (χ0n) is 14.2. The molecule has 1 N–H and O–H groups in total. The van der Waals surface area contributed by atoms with Crippen LogP contribution in [0, 0.1) is 12.7 Å². The Labute approximate surface area is 141 Å². The lowest BCUT2D eigenvalue weighted by atomic mass is 10.1. The number of carbonyl (C=O) groups is 1. The van der Waals surface area contributed by atoms with Crippen molar-refractivity contribution in [2.24, 2.45) is 0 Å². The monoisotopic (exact) mass is 331 g/mol. The number of carbonyl (C=O) groups excluding carboxylic acids is 1. The summed E-state index contributed by atoms with van der Waals surface area (Å²) in [6, 6.07) is 9.78. The molecule has 4 nitrogen and oxygen atoms in total. The molecule has 0 saturated carbocycles. The Hall–Kier alpha value is -2.56. The molecule has 2 aromatic carbocycles. The molecule has 5 heteroatoms. The Morgan fingerprint density at radius 3 is 2.42 bits per heavy atom. The number of ether oxygens (including phenoxy) is 2. The smallest absolute Gasteiger partial charge is 0.224 e. The molecule has 0 radical (unpaired) electrons. The van der Waals surface area contributed by atoms with Crippen molar-refractivity contribution in [2.75, 3.05) is 20.8 Å². The highest BCUT2D eigenvalue weighted by Crippen LogP contribution is 2.31. The van der Waals surface area contributed by atoms with Crippen molar-refractivity contribution in [1.29, 1.82) is 0 Å². The van der Waals surface area contributed by atoms with Gasteiger partial charge in [0.1, 0.15) is 17.3 Å². The number of methoxy groups -OCH3 is 2. The van der Waals surface area contributed by atoms with Crippen molar-refractivity contribution in [3.63, 3.8) is 0 Å². The standard InChI is InChI=1S/C19H22FNO3/c1-13-17(23-2)9-6-15(19(13)24-3)10-11-21-18(22)12-14-4-7-16(20)8-5-14/h4-9H,10-12H2,1-3H3,(H,21,22). The maximum atomic E-state index is 12.9. The first-order valence-electron chi connectivity index (χ1n) is 7.76. The van der Waals surface area contributed by atoms with E-state index in [1.54, 1.807) is 26.4 Å². The van der Waals surface area contributed by atoms with E-state index in [2.05, 4.69) is 5.32 Å².